The van der Waals surface area contributed by atoms with Gasteiger partial charge in [-0.3, -0.25) is 14.6 Å². The number of benzene rings is 4. The molecule has 0 amide bonds. The lowest BCUT2D eigenvalue weighted by Crippen LogP contribution is -2.44. The van der Waals surface area contributed by atoms with Crippen LogP contribution in [0.3, 0.4) is 0 Å². The number of carbonyl (C=O) groups excluding carboxylic acids is 2. The number of fused-ring (bicyclic) bond motifs is 8. The predicted molar refractivity (Wildman–Crippen MR) is 248 cm³/mol. The van der Waals surface area contributed by atoms with Crippen LogP contribution >= 0.6 is 0 Å². The number of hydrazine groups is 1. The lowest BCUT2D eigenvalue weighted by Gasteiger charge is -2.30. The Balaban J connectivity index is 1.07. The van der Waals surface area contributed by atoms with Gasteiger partial charge < -0.3 is 8.83 Å². The molecule has 5 aromatic heterocycles. The van der Waals surface area contributed by atoms with Crippen molar-refractivity contribution >= 4 is 73.9 Å². The summed E-state index contributed by atoms with van der Waals surface area (Å²) in [5.74, 6) is -0.331. The van der Waals surface area contributed by atoms with Crippen LogP contribution in [-0.4, -0.2) is 27.8 Å². The van der Waals surface area contributed by atoms with Crippen LogP contribution in [0.1, 0.15) is 68.7 Å². The molecule has 0 saturated heterocycles. The molecular weight excluding hydrogens is 797 g/mol. The molecule has 6 heterocycles. The summed E-state index contributed by atoms with van der Waals surface area (Å²) in [7, 11) is 4.11. The quantitative estimate of drug-likeness (QED) is 0.135. The lowest BCUT2D eigenvalue weighted by atomic mass is 9.89. The molecule has 2 aliphatic rings. The van der Waals surface area contributed by atoms with E-state index in [-0.39, 0.29) is 34.2 Å². The molecule has 1 aliphatic carbocycles. The van der Waals surface area contributed by atoms with Gasteiger partial charge in [-0.1, -0.05) is 77.5 Å². The number of hydrogen-bond acceptors (Lipinski definition) is 6. The Bertz CT molecular complexity index is 3460. The van der Waals surface area contributed by atoms with Crippen LogP contribution in [0.5, 0.6) is 0 Å². The number of nitrogens with zero attached hydrogens (tertiary/aromatic N) is 6. The van der Waals surface area contributed by atoms with Gasteiger partial charge in [-0.25, -0.2) is 5.01 Å². The van der Waals surface area contributed by atoms with Gasteiger partial charge in [0.05, 0.1) is 34.5 Å². The summed E-state index contributed by atoms with van der Waals surface area (Å²) in [6.45, 7) is 5.27. The van der Waals surface area contributed by atoms with Gasteiger partial charge in [0.1, 0.15) is 25.2 Å². The SMILES string of the molecule is CCN1/C(=C/C=C/c2ccc3ccccc3[n+]2C)c2c(oc3c2C(=O)c2oc4c(c2C3=O)c(C/C=C/c2ccc3ccccc3[n+]2C)[n+](CC)n4-c2ccccc2)N1c1ccccc1. The zero-order chi connectivity index (χ0) is 43.6. The van der Waals surface area contributed by atoms with Crippen LogP contribution in [0, 0.1) is 0 Å². The highest BCUT2D eigenvalue weighted by atomic mass is 16.4. The molecular formula is C54H45N6O4+3. The number of allylic oxidation sites excluding steroid dienone is 3. The molecule has 11 rings (SSSR count). The fourth-order valence-electron chi connectivity index (χ4n) is 9.58. The molecule has 0 spiro atoms. The summed E-state index contributed by atoms with van der Waals surface area (Å²) in [5.41, 5.74) is 8.97. The highest BCUT2D eigenvalue weighted by Crippen LogP contribution is 2.51. The fourth-order valence-corrected chi connectivity index (χ4v) is 9.58. The zero-order valence-corrected chi connectivity index (χ0v) is 36.0. The van der Waals surface area contributed by atoms with E-state index in [1.165, 1.54) is 0 Å². The van der Waals surface area contributed by atoms with Crippen LogP contribution < -0.4 is 18.8 Å². The van der Waals surface area contributed by atoms with E-state index in [0.717, 1.165) is 56.0 Å². The smallest absolute Gasteiger partial charge is 0.273 e. The number of para-hydroxylation sites is 4. The van der Waals surface area contributed by atoms with E-state index in [9.17, 15) is 0 Å². The average Bonchev–Trinajstić information content (AvgIpc) is 4.07. The van der Waals surface area contributed by atoms with Gasteiger partial charge in [0.15, 0.2) is 18.1 Å². The molecule has 0 atom stereocenters. The van der Waals surface area contributed by atoms with E-state index in [4.69, 9.17) is 8.83 Å². The van der Waals surface area contributed by atoms with Crippen molar-refractivity contribution in [3.63, 3.8) is 0 Å². The highest BCUT2D eigenvalue weighted by Gasteiger charge is 2.49. The van der Waals surface area contributed by atoms with Gasteiger partial charge in [0.25, 0.3) is 5.71 Å². The van der Waals surface area contributed by atoms with Gasteiger partial charge in [0, 0.05) is 53.7 Å². The van der Waals surface area contributed by atoms with Crippen molar-refractivity contribution in [2.24, 2.45) is 14.1 Å². The number of aromatic nitrogens is 4. The second-order valence-electron chi connectivity index (χ2n) is 16.1. The summed E-state index contributed by atoms with van der Waals surface area (Å²) >= 11 is 0. The topological polar surface area (TPSA) is 83.5 Å². The van der Waals surface area contributed by atoms with E-state index < -0.39 is 0 Å². The summed E-state index contributed by atoms with van der Waals surface area (Å²) in [6, 6.07) is 44.8. The van der Waals surface area contributed by atoms with Crippen molar-refractivity contribution < 1.29 is 32.2 Å². The van der Waals surface area contributed by atoms with Crippen LogP contribution in [-0.2, 0) is 27.1 Å². The Morgan fingerprint density at radius 2 is 1.19 bits per heavy atom. The minimum atomic E-state index is -0.389. The monoisotopic (exact) mass is 841 g/mol. The van der Waals surface area contributed by atoms with Crippen LogP contribution in [0.2, 0.25) is 0 Å². The minimum Gasteiger partial charge on any atom is -0.433 e. The third-order valence-corrected chi connectivity index (χ3v) is 12.6. The first-order valence-corrected chi connectivity index (χ1v) is 21.7. The maximum absolute atomic E-state index is 15.2. The summed E-state index contributed by atoms with van der Waals surface area (Å²) < 4.78 is 21.9. The standard InChI is InChI=1S/C54H45N6O4/c1-5-57-43(29-17-25-37-33-31-35-19-13-15-27-41(35)55(37)3)45-47-49(61)52-48(50(62)51(47)63-53(45)59(57)39-21-9-7-10-22-39)46-44(58(6-2)60(54(46)64-52)40-23-11-8-12-24-40)30-18-26-38-34-32-36-20-14-16-28-42(36)56(38)4/h7-29,31-34H,5-6,30H2,1-4H3/q+3/b26-18+. The number of furan rings is 2. The molecule has 312 valence electrons. The highest BCUT2D eigenvalue weighted by molar-refractivity contribution is 6.32. The van der Waals surface area contributed by atoms with E-state index in [1.54, 1.807) is 0 Å². The normalized spacial score (nSPS) is 14.3. The maximum Gasteiger partial charge on any atom is 0.273 e. The summed E-state index contributed by atoms with van der Waals surface area (Å²) in [4.78, 5) is 30.4. The molecule has 10 nitrogen and oxygen atoms in total. The fraction of sp³-hybridized carbons (Fsp3) is 0.130. The first-order valence-electron chi connectivity index (χ1n) is 21.7. The van der Waals surface area contributed by atoms with E-state index in [2.05, 4.69) is 114 Å². The third-order valence-electron chi connectivity index (χ3n) is 12.6. The number of ketones is 2. The molecule has 1 aliphatic heterocycles. The predicted octanol–water partition coefficient (Wildman–Crippen LogP) is 9.55. The number of anilines is 2. The van der Waals surface area contributed by atoms with Gasteiger partial charge in [-0.15, -0.1) is 4.68 Å². The van der Waals surface area contributed by atoms with Gasteiger partial charge in [-0.2, -0.15) is 9.13 Å². The second kappa shape index (κ2) is 15.4. The Morgan fingerprint density at radius 1 is 0.609 bits per heavy atom. The molecule has 0 radical (unpaired) electrons. The molecule has 0 bridgehead atoms. The summed E-state index contributed by atoms with van der Waals surface area (Å²) in [5, 5.41) is 6.95. The van der Waals surface area contributed by atoms with E-state index in [0.29, 0.717) is 42.1 Å². The van der Waals surface area contributed by atoms with Gasteiger partial charge >= 0.3 is 0 Å². The second-order valence-corrected chi connectivity index (χ2v) is 16.1. The number of aryl methyl sites for hydroxylation is 2. The first-order chi connectivity index (χ1) is 31.4. The van der Waals surface area contributed by atoms with Crippen molar-refractivity contribution in [2.45, 2.75) is 26.8 Å². The Labute approximate surface area is 369 Å². The largest absolute Gasteiger partial charge is 0.433 e. The van der Waals surface area contributed by atoms with E-state index >= 15 is 9.59 Å². The molecule has 0 saturated carbocycles. The first kappa shape index (κ1) is 38.8. The number of carbonyl (C=O) groups is 2. The van der Waals surface area contributed by atoms with Crippen LogP contribution in [0.4, 0.5) is 11.6 Å². The molecule has 9 aromatic rings. The van der Waals surface area contributed by atoms with Crippen molar-refractivity contribution in [1.29, 1.82) is 0 Å². The average molecular weight is 842 g/mol. The molecule has 0 fully saturated rings. The van der Waals surface area contributed by atoms with Crippen molar-refractivity contribution in [3.05, 3.63) is 197 Å². The molecule has 0 unspecified atom stereocenters. The number of pyridine rings is 2. The number of hydrogen-bond donors (Lipinski definition) is 0. The summed E-state index contributed by atoms with van der Waals surface area (Å²) in [6.07, 6.45) is 10.7. The van der Waals surface area contributed by atoms with E-state index in [1.807, 2.05) is 107 Å². The maximum atomic E-state index is 15.2. The Morgan fingerprint density at radius 3 is 1.83 bits per heavy atom. The minimum absolute atomic E-state index is 0.0119. The molecule has 64 heavy (non-hydrogen) atoms. The molecule has 4 aromatic carbocycles. The Kier molecular flexibility index (Phi) is 9.31. The molecule has 10 heteroatoms. The van der Waals surface area contributed by atoms with Crippen molar-refractivity contribution in [3.8, 4) is 5.69 Å². The zero-order valence-electron chi connectivity index (χ0n) is 36.0. The van der Waals surface area contributed by atoms with Gasteiger partial charge in [-0.05, 0) is 68.5 Å². The van der Waals surface area contributed by atoms with Crippen LogP contribution in [0.15, 0.2) is 161 Å². The Hall–Kier alpha value is -8.11. The number of rotatable bonds is 9. The van der Waals surface area contributed by atoms with Crippen molar-refractivity contribution in [1.82, 2.24) is 9.69 Å². The van der Waals surface area contributed by atoms with Gasteiger partial charge in [0.2, 0.25) is 45.6 Å². The van der Waals surface area contributed by atoms with Crippen molar-refractivity contribution in [2.75, 3.05) is 11.6 Å². The lowest BCUT2D eigenvalue weighted by molar-refractivity contribution is -0.767. The van der Waals surface area contributed by atoms with Crippen LogP contribution in [0.25, 0.3) is 56.4 Å². The third kappa shape index (κ3) is 5.90. The molecule has 0 N–H and O–H groups in total.